The Morgan fingerprint density at radius 3 is 2.92 bits per heavy atom. The summed E-state index contributed by atoms with van der Waals surface area (Å²) in [5, 5.41) is 10.1. The van der Waals surface area contributed by atoms with Crippen LogP contribution in [0.2, 0.25) is 0 Å². The Bertz CT molecular complexity index is 220. The van der Waals surface area contributed by atoms with Gasteiger partial charge in [0.25, 0.3) is 0 Å². The van der Waals surface area contributed by atoms with E-state index in [1.807, 2.05) is 0 Å². The molecule has 0 heterocycles. The van der Waals surface area contributed by atoms with Gasteiger partial charge in [-0.15, -0.1) is 0 Å². The number of carbonyl (C=O) groups excluding carboxylic acids is 1. The normalized spacial score (nSPS) is 8.42. The first-order chi connectivity index (χ1) is 5.66. The van der Waals surface area contributed by atoms with Crippen LogP contribution in [0.15, 0.2) is 5.11 Å². The summed E-state index contributed by atoms with van der Waals surface area (Å²) in [4.78, 5) is 13.2. The highest BCUT2D eigenvalue weighted by atomic mass is 16.5. The summed E-state index contributed by atoms with van der Waals surface area (Å²) in [6.45, 7) is 1.74. The van der Waals surface area contributed by atoms with Crippen molar-refractivity contribution in [2.45, 2.75) is 13.3 Å². The summed E-state index contributed by atoms with van der Waals surface area (Å²) < 4.78 is 4.61. The number of hydrogen-bond acceptors (Lipinski definition) is 4. The lowest BCUT2D eigenvalue weighted by atomic mass is 10.3. The van der Waals surface area contributed by atoms with Gasteiger partial charge in [-0.2, -0.15) is 0 Å². The van der Waals surface area contributed by atoms with Crippen molar-refractivity contribution in [1.29, 1.82) is 5.41 Å². The molecule has 12 heavy (non-hydrogen) atoms. The van der Waals surface area contributed by atoms with Gasteiger partial charge in [0.15, 0.2) is 0 Å². The minimum atomic E-state index is -0.462. The average Bonchev–Trinajstić information content (AvgIpc) is 1.97. The summed E-state index contributed by atoms with van der Waals surface area (Å²) in [7, 11) is 0. The van der Waals surface area contributed by atoms with Crippen molar-refractivity contribution < 1.29 is 9.53 Å². The molecule has 0 aliphatic rings. The highest BCUT2D eigenvalue weighted by Crippen LogP contribution is 1.88. The van der Waals surface area contributed by atoms with Gasteiger partial charge in [-0.05, 0) is 12.5 Å². The minimum absolute atomic E-state index is 0.00370. The van der Waals surface area contributed by atoms with Crippen LogP contribution in [-0.2, 0) is 9.53 Å². The highest BCUT2D eigenvalue weighted by Gasteiger charge is 2.02. The van der Waals surface area contributed by atoms with Gasteiger partial charge in [0.05, 0.1) is 19.6 Å². The van der Waals surface area contributed by atoms with Crippen LogP contribution in [-0.4, -0.2) is 24.8 Å². The second-order valence-corrected chi connectivity index (χ2v) is 2.13. The average molecular weight is 170 g/mol. The van der Waals surface area contributed by atoms with E-state index >= 15 is 0 Å². The molecular weight excluding hydrogens is 160 g/mol. The lowest BCUT2D eigenvalue weighted by molar-refractivity contribution is -0.141. The molecule has 0 aliphatic heterocycles. The molecule has 66 valence electrons. The van der Waals surface area contributed by atoms with E-state index in [2.05, 4.69) is 14.8 Å². The van der Waals surface area contributed by atoms with E-state index in [0.29, 0.717) is 0 Å². The molecule has 0 aromatic rings. The van der Waals surface area contributed by atoms with Crippen LogP contribution in [0.1, 0.15) is 13.3 Å². The fourth-order valence-corrected chi connectivity index (χ4v) is 0.513. The Hall–Kier alpha value is -1.55. The van der Waals surface area contributed by atoms with Gasteiger partial charge in [0, 0.05) is 10.6 Å². The number of ether oxygens (including phenoxy) is 1. The molecule has 0 saturated heterocycles. The third-order valence-electron chi connectivity index (χ3n) is 0.927. The fourth-order valence-electron chi connectivity index (χ4n) is 0.513. The lowest BCUT2D eigenvalue weighted by Gasteiger charge is -2.00. The predicted octanol–water partition coefficient (Wildman–Crippen LogP) is 1.27. The van der Waals surface area contributed by atoms with Gasteiger partial charge in [0.1, 0.15) is 0 Å². The van der Waals surface area contributed by atoms with Crippen molar-refractivity contribution in [1.82, 2.24) is 0 Å². The Balaban J connectivity index is 3.44. The number of nitrogens with one attached hydrogen (secondary N) is 1. The molecule has 0 saturated carbocycles. The molecule has 0 unspecified atom stereocenters. The Morgan fingerprint density at radius 1 is 1.75 bits per heavy atom. The number of rotatable bonds is 5. The Morgan fingerprint density at radius 2 is 2.42 bits per heavy atom. The second-order valence-electron chi connectivity index (χ2n) is 2.13. The van der Waals surface area contributed by atoms with Crippen molar-refractivity contribution in [3.05, 3.63) is 10.4 Å². The summed E-state index contributed by atoms with van der Waals surface area (Å²) in [5.41, 5.74) is 8.11. The first-order valence-corrected chi connectivity index (χ1v) is 3.37. The predicted molar refractivity (Wildman–Crippen MR) is 43.0 cm³/mol. The summed E-state index contributed by atoms with van der Waals surface area (Å²) >= 11 is 0. The minimum Gasteiger partial charge on any atom is -0.465 e. The Labute approximate surface area is 69.7 Å². The largest absolute Gasteiger partial charge is 0.465 e. The number of nitrogens with zero attached hydrogens (tertiary/aromatic N) is 3. The maximum Gasteiger partial charge on any atom is 0.311 e. The molecule has 0 radical (unpaired) electrons. The molecule has 0 bridgehead atoms. The number of carbonyl (C=O) groups is 1. The zero-order chi connectivity index (χ0) is 9.40. The molecule has 0 rings (SSSR count). The van der Waals surface area contributed by atoms with Crippen LogP contribution in [0, 0.1) is 5.41 Å². The van der Waals surface area contributed by atoms with Gasteiger partial charge >= 0.3 is 5.97 Å². The first kappa shape index (κ1) is 10.4. The lowest BCUT2D eigenvalue weighted by Crippen LogP contribution is -2.10. The van der Waals surface area contributed by atoms with Crippen LogP contribution in [0.25, 0.3) is 10.4 Å². The van der Waals surface area contributed by atoms with E-state index in [1.54, 1.807) is 0 Å². The molecule has 0 aromatic carbocycles. The van der Waals surface area contributed by atoms with Crippen molar-refractivity contribution in [3.63, 3.8) is 0 Å². The second kappa shape index (κ2) is 6.18. The molecule has 0 spiro atoms. The third-order valence-corrected chi connectivity index (χ3v) is 0.927. The Kier molecular flexibility index (Phi) is 5.38. The molecule has 0 atom stereocenters. The molecular formula is C6H10N4O2. The molecule has 6 nitrogen and oxygen atoms in total. The topological polar surface area (TPSA) is 98.9 Å². The van der Waals surface area contributed by atoms with E-state index in [0.717, 1.165) is 0 Å². The van der Waals surface area contributed by atoms with Gasteiger partial charge < -0.3 is 10.1 Å². The smallest absolute Gasteiger partial charge is 0.311 e. The number of azide groups is 1. The van der Waals surface area contributed by atoms with E-state index in [1.165, 1.54) is 6.92 Å². The van der Waals surface area contributed by atoms with Crippen molar-refractivity contribution in [2.24, 2.45) is 5.11 Å². The van der Waals surface area contributed by atoms with Crippen LogP contribution < -0.4 is 0 Å². The van der Waals surface area contributed by atoms with E-state index < -0.39 is 5.97 Å². The van der Waals surface area contributed by atoms with Gasteiger partial charge in [-0.3, -0.25) is 4.79 Å². The first-order valence-electron chi connectivity index (χ1n) is 3.37. The highest BCUT2D eigenvalue weighted by molar-refractivity contribution is 5.95. The maximum absolute atomic E-state index is 10.7. The monoisotopic (exact) mass is 170 g/mol. The summed E-state index contributed by atoms with van der Waals surface area (Å²) in [5.74, 6) is -0.462. The van der Waals surface area contributed by atoms with Gasteiger partial charge in [0.2, 0.25) is 0 Å². The van der Waals surface area contributed by atoms with Crippen molar-refractivity contribution >= 4 is 11.7 Å². The maximum atomic E-state index is 10.7. The zero-order valence-corrected chi connectivity index (χ0v) is 6.78. The van der Waals surface area contributed by atoms with Crippen LogP contribution >= 0.6 is 0 Å². The van der Waals surface area contributed by atoms with Crippen LogP contribution in [0.5, 0.6) is 0 Å². The molecule has 0 amide bonds. The molecule has 0 aromatic heterocycles. The van der Waals surface area contributed by atoms with Gasteiger partial charge in [-0.1, -0.05) is 5.11 Å². The van der Waals surface area contributed by atoms with E-state index in [-0.39, 0.29) is 25.3 Å². The number of esters is 1. The zero-order valence-electron chi connectivity index (χ0n) is 6.78. The van der Waals surface area contributed by atoms with Crippen LogP contribution in [0.3, 0.4) is 0 Å². The van der Waals surface area contributed by atoms with Crippen molar-refractivity contribution in [3.8, 4) is 0 Å². The van der Waals surface area contributed by atoms with E-state index in [9.17, 15) is 4.79 Å². The molecule has 1 N–H and O–H groups in total. The summed E-state index contributed by atoms with van der Waals surface area (Å²) in [6.07, 6.45) is -0.00370. The van der Waals surface area contributed by atoms with Crippen LogP contribution in [0.4, 0.5) is 0 Å². The molecule has 6 heteroatoms. The van der Waals surface area contributed by atoms with Gasteiger partial charge in [-0.25, -0.2) is 0 Å². The summed E-state index contributed by atoms with van der Waals surface area (Å²) in [6, 6.07) is 0. The standard InChI is InChI=1S/C6H10N4O2/c1-5(7)4-6(11)12-3-2-9-10-8/h7H,2-4H2,1H3. The quantitative estimate of drug-likeness (QED) is 0.168. The fraction of sp³-hybridized carbons (Fsp3) is 0.667. The van der Waals surface area contributed by atoms with Crippen molar-refractivity contribution in [2.75, 3.05) is 13.2 Å². The SMILES string of the molecule is CC(=N)CC(=O)OCCN=[N+]=[N-]. The van der Waals surface area contributed by atoms with E-state index in [4.69, 9.17) is 10.9 Å². The third kappa shape index (κ3) is 6.57. The molecule has 0 fully saturated rings. The molecule has 0 aliphatic carbocycles. The number of hydrogen-bond donors (Lipinski definition) is 1.